The zero-order chi connectivity index (χ0) is 14.7. The molecule has 1 aromatic heterocycles. The zero-order valence-electron chi connectivity index (χ0n) is 11.2. The average molecular weight is 339 g/mol. The van der Waals surface area contributed by atoms with E-state index in [0.717, 1.165) is 17.7 Å². The lowest BCUT2D eigenvalue weighted by Crippen LogP contribution is -2.14. The van der Waals surface area contributed by atoms with E-state index in [0.29, 0.717) is 10.2 Å². The van der Waals surface area contributed by atoms with Gasteiger partial charge in [-0.15, -0.1) is 0 Å². The Morgan fingerprint density at radius 3 is 2.70 bits per heavy atom. The van der Waals surface area contributed by atoms with E-state index in [-0.39, 0.29) is 11.7 Å². The second kappa shape index (κ2) is 6.19. The van der Waals surface area contributed by atoms with Gasteiger partial charge in [0, 0.05) is 22.2 Å². The summed E-state index contributed by atoms with van der Waals surface area (Å²) >= 11 is 3.35. The molecule has 1 atom stereocenters. The molecule has 0 radical (unpaired) electrons. The minimum Gasteiger partial charge on any atom is -0.459 e. The molecule has 0 aliphatic rings. The summed E-state index contributed by atoms with van der Waals surface area (Å²) in [5, 5.41) is 13.9. The number of rotatable bonds is 5. The molecule has 1 heterocycles. The van der Waals surface area contributed by atoms with Crippen molar-refractivity contribution in [3.8, 4) is 11.3 Å². The molecule has 106 valence electrons. The Hall–Kier alpha value is -1.66. The van der Waals surface area contributed by atoms with Crippen molar-refractivity contribution in [3.63, 3.8) is 0 Å². The van der Waals surface area contributed by atoms with Gasteiger partial charge in [-0.3, -0.25) is 10.1 Å². The second-order valence-corrected chi connectivity index (χ2v) is 5.23. The number of halogens is 1. The fraction of sp³-hybridized carbons (Fsp3) is 0.286. The third-order valence-corrected chi connectivity index (χ3v) is 3.81. The van der Waals surface area contributed by atoms with Gasteiger partial charge in [0.25, 0.3) is 5.69 Å². The predicted molar refractivity (Wildman–Crippen MR) is 80.6 cm³/mol. The van der Waals surface area contributed by atoms with Crippen LogP contribution in [0.5, 0.6) is 0 Å². The van der Waals surface area contributed by atoms with Crippen molar-refractivity contribution in [1.82, 2.24) is 5.32 Å². The Morgan fingerprint density at radius 2 is 2.15 bits per heavy atom. The number of nitro benzene ring substituents is 1. The Morgan fingerprint density at radius 1 is 1.40 bits per heavy atom. The Balaban J connectivity index is 2.35. The molecule has 2 aromatic rings. The first kappa shape index (κ1) is 14.7. The highest BCUT2D eigenvalue weighted by atomic mass is 79.9. The van der Waals surface area contributed by atoms with Crippen molar-refractivity contribution >= 4 is 21.6 Å². The van der Waals surface area contributed by atoms with E-state index in [9.17, 15) is 10.1 Å². The van der Waals surface area contributed by atoms with Gasteiger partial charge in [0.05, 0.1) is 11.0 Å². The second-order valence-electron chi connectivity index (χ2n) is 4.37. The van der Waals surface area contributed by atoms with Crippen molar-refractivity contribution in [1.29, 1.82) is 0 Å². The number of non-ortho nitro benzene ring substituents is 1. The molecule has 1 aromatic carbocycles. The normalized spacial score (nSPS) is 12.3. The summed E-state index contributed by atoms with van der Waals surface area (Å²) in [5.41, 5.74) is 0.849. The first-order valence-electron chi connectivity index (χ1n) is 6.28. The molecular formula is C14H15BrN2O3. The van der Waals surface area contributed by atoms with Crippen LogP contribution in [0.3, 0.4) is 0 Å². The van der Waals surface area contributed by atoms with Crippen LogP contribution in [0.4, 0.5) is 5.69 Å². The van der Waals surface area contributed by atoms with Crippen LogP contribution < -0.4 is 5.32 Å². The SMILES string of the molecule is CCC(NC)c1ccc(-c2ccc([N+](=O)[O-])cc2Br)o1. The molecule has 2 rings (SSSR count). The fourth-order valence-electron chi connectivity index (χ4n) is 2.05. The minimum atomic E-state index is -0.420. The number of furan rings is 1. The van der Waals surface area contributed by atoms with E-state index in [2.05, 4.69) is 28.2 Å². The number of nitro groups is 1. The Kier molecular flexibility index (Phi) is 4.57. The molecule has 1 N–H and O–H groups in total. The number of hydrogen-bond donors (Lipinski definition) is 1. The first-order chi connectivity index (χ1) is 9.56. The van der Waals surface area contributed by atoms with Gasteiger partial charge >= 0.3 is 0 Å². The summed E-state index contributed by atoms with van der Waals surface area (Å²) in [4.78, 5) is 10.3. The predicted octanol–water partition coefficient (Wildman–Crippen LogP) is 4.29. The van der Waals surface area contributed by atoms with Crippen molar-refractivity contribution in [2.45, 2.75) is 19.4 Å². The average Bonchev–Trinajstić information content (AvgIpc) is 2.89. The zero-order valence-corrected chi connectivity index (χ0v) is 12.8. The summed E-state index contributed by atoms with van der Waals surface area (Å²) in [5.74, 6) is 1.55. The maximum atomic E-state index is 10.7. The van der Waals surface area contributed by atoms with Crippen LogP contribution in [0.25, 0.3) is 11.3 Å². The molecule has 0 amide bonds. The van der Waals surface area contributed by atoms with Crippen LogP contribution in [-0.2, 0) is 0 Å². The molecule has 0 aliphatic heterocycles. The number of benzene rings is 1. The van der Waals surface area contributed by atoms with Gasteiger partial charge in [-0.25, -0.2) is 0 Å². The smallest absolute Gasteiger partial charge is 0.270 e. The van der Waals surface area contributed by atoms with Crippen LogP contribution in [0.2, 0.25) is 0 Å². The molecule has 20 heavy (non-hydrogen) atoms. The van der Waals surface area contributed by atoms with Gasteiger partial charge in [0.1, 0.15) is 11.5 Å². The highest BCUT2D eigenvalue weighted by Gasteiger charge is 2.16. The largest absolute Gasteiger partial charge is 0.459 e. The van der Waals surface area contributed by atoms with E-state index >= 15 is 0 Å². The van der Waals surface area contributed by atoms with E-state index in [1.807, 2.05) is 19.2 Å². The van der Waals surface area contributed by atoms with Crippen molar-refractivity contribution in [3.05, 3.63) is 50.7 Å². The molecular weight excluding hydrogens is 324 g/mol. The molecule has 0 saturated heterocycles. The highest BCUT2D eigenvalue weighted by molar-refractivity contribution is 9.10. The van der Waals surface area contributed by atoms with Crippen LogP contribution in [0, 0.1) is 10.1 Å². The van der Waals surface area contributed by atoms with Gasteiger partial charge in [-0.05, 0) is 47.6 Å². The van der Waals surface area contributed by atoms with Crippen molar-refractivity contribution in [2.75, 3.05) is 7.05 Å². The van der Waals surface area contributed by atoms with Crippen LogP contribution in [0.1, 0.15) is 25.1 Å². The summed E-state index contributed by atoms with van der Waals surface area (Å²) in [6.07, 6.45) is 0.922. The number of nitrogens with one attached hydrogen (secondary N) is 1. The van der Waals surface area contributed by atoms with Gasteiger partial charge in [-0.2, -0.15) is 0 Å². The minimum absolute atomic E-state index is 0.0501. The van der Waals surface area contributed by atoms with E-state index in [4.69, 9.17) is 4.42 Å². The molecule has 0 fully saturated rings. The van der Waals surface area contributed by atoms with Gasteiger partial charge < -0.3 is 9.73 Å². The maximum Gasteiger partial charge on any atom is 0.270 e. The van der Waals surface area contributed by atoms with Crippen molar-refractivity contribution in [2.24, 2.45) is 0 Å². The molecule has 0 aliphatic carbocycles. The molecule has 0 bridgehead atoms. The number of hydrogen-bond acceptors (Lipinski definition) is 4. The summed E-state index contributed by atoms with van der Waals surface area (Å²) in [6, 6.07) is 8.60. The summed E-state index contributed by atoms with van der Waals surface area (Å²) in [6.45, 7) is 2.07. The molecule has 6 heteroatoms. The van der Waals surface area contributed by atoms with Crippen molar-refractivity contribution < 1.29 is 9.34 Å². The molecule has 0 saturated carbocycles. The maximum absolute atomic E-state index is 10.7. The third-order valence-electron chi connectivity index (χ3n) is 3.16. The summed E-state index contributed by atoms with van der Waals surface area (Å²) < 4.78 is 6.48. The standard InChI is InChI=1S/C14H15BrN2O3/c1-3-12(16-2)14-7-6-13(20-14)10-5-4-9(17(18)19)8-11(10)15/h4-8,12,16H,3H2,1-2H3. The summed E-state index contributed by atoms with van der Waals surface area (Å²) in [7, 11) is 1.89. The highest BCUT2D eigenvalue weighted by Crippen LogP contribution is 2.33. The van der Waals surface area contributed by atoms with Crippen LogP contribution in [0.15, 0.2) is 39.2 Å². The number of nitrogens with zero attached hydrogens (tertiary/aromatic N) is 1. The first-order valence-corrected chi connectivity index (χ1v) is 7.07. The quantitative estimate of drug-likeness (QED) is 0.652. The fourth-order valence-corrected chi connectivity index (χ4v) is 2.61. The van der Waals surface area contributed by atoms with E-state index in [1.54, 1.807) is 6.07 Å². The monoisotopic (exact) mass is 338 g/mol. The lowest BCUT2D eigenvalue weighted by molar-refractivity contribution is -0.384. The third kappa shape index (κ3) is 2.91. The van der Waals surface area contributed by atoms with Gasteiger partial charge in [0.2, 0.25) is 0 Å². The topological polar surface area (TPSA) is 68.3 Å². The molecule has 0 spiro atoms. The lowest BCUT2D eigenvalue weighted by Gasteiger charge is -2.10. The van der Waals surface area contributed by atoms with E-state index in [1.165, 1.54) is 12.1 Å². The van der Waals surface area contributed by atoms with Crippen LogP contribution >= 0.6 is 15.9 Å². The van der Waals surface area contributed by atoms with Gasteiger partial charge in [-0.1, -0.05) is 6.92 Å². The van der Waals surface area contributed by atoms with Crippen LogP contribution in [-0.4, -0.2) is 12.0 Å². The lowest BCUT2D eigenvalue weighted by atomic mass is 10.1. The Bertz CT molecular complexity index is 621. The van der Waals surface area contributed by atoms with E-state index < -0.39 is 4.92 Å². The molecule has 5 nitrogen and oxygen atoms in total. The molecule has 1 unspecified atom stereocenters. The Labute approximate surface area is 125 Å². The van der Waals surface area contributed by atoms with Gasteiger partial charge in [0.15, 0.2) is 0 Å².